The second kappa shape index (κ2) is 6.73. The first-order valence-corrected chi connectivity index (χ1v) is 6.43. The van der Waals surface area contributed by atoms with E-state index in [0.717, 1.165) is 0 Å². The molecule has 2 rings (SSSR count). The van der Waals surface area contributed by atoms with Gasteiger partial charge in [-0.05, 0) is 17.7 Å². The Morgan fingerprint density at radius 2 is 1.96 bits per heavy atom. The van der Waals surface area contributed by atoms with Crippen LogP contribution in [0.4, 0.5) is 17.6 Å². The number of carbonyl (C=O) groups is 1. The Bertz CT molecular complexity index is 669. The highest BCUT2D eigenvalue weighted by Gasteiger charge is 2.38. The highest BCUT2D eigenvalue weighted by molar-refractivity contribution is 5.81. The van der Waals surface area contributed by atoms with E-state index < -0.39 is 30.5 Å². The number of hydrogen-bond acceptors (Lipinski definition) is 4. The summed E-state index contributed by atoms with van der Waals surface area (Å²) < 4.78 is 50.1. The summed E-state index contributed by atoms with van der Waals surface area (Å²) in [5.74, 6) is -2.51. The number of alkyl halides is 3. The third-order valence-corrected chi connectivity index (χ3v) is 2.89. The maximum Gasteiger partial charge on any atom is 0.471 e. The Balaban J connectivity index is 1.92. The fourth-order valence-corrected chi connectivity index (χ4v) is 1.75. The zero-order valence-electron chi connectivity index (χ0n) is 11.6. The summed E-state index contributed by atoms with van der Waals surface area (Å²) >= 11 is 0. The van der Waals surface area contributed by atoms with Gasteiger partial charge in [-0.3, -0.25) is 4.79 Å². The van der Waals surface area contributed by atoms with Crippen LogP contribution in [-0.4, -0.2) is 32.2 Å². The van der Waals surface area contributed by atoms with Gasteiger partial charge in [-0.15, -0.1) is 5.10 Å². The van der Waals surface area contributed by atoms with Crippen molar-refractivity contribution in [1.29, 1.82) is 0 Å². The Morgan fingerprint density at radius 1 is 1.30 bits per heavy atom. The summed E-state index contributed by atoms with van der Waals surface area (Å²) in [5.41, 5.74) is 0.558. The Labute approximate surface area is 127 Å². The molecule has 124 valence electrons. The predicted molar refractivity (Wildman–Crippen MR) is 69.3 cm³/mol. The molecular weight excluding hydrogens is 320 g/mol. The lowest BCUT2D eigenvalue weighted by Gasteiger charge is -2.10. The molecule has 10 heteroatoms. The number of nitrogens with one attached hydrogen (secondary N) is 1. The molecule has 2 aromatic rings. The van der Waals surface area contributed by atoms with Crippen molar-refractivity contribution in [3.05, 3.63) is 47.5 Å². The van der Waals surface area contributed by atoms with E-state index in [-0.39, 0.29) is 12.2 Å². The molecule has 0 spiro atoms. The number of amides is 1. The van der Waals surface area contributed by atoms with Gasteiger partial charge in [0.25, 0.3) is 0 Å². The average molecular weight is 332 g/mol. The number of benzene rings is 1. The van der Waals surface area contributed by atoms with Gasteiger partial charge in [0.2, 0.25) is 0 Å². The summed E-state index contributed by atoms with van der Waals surface area (Å²) in [5, 5.41) is 18.9. The van der Waals surface area contributed by atoms with Crippen LogP contribution >= 0.6 is 0 Å². The van der Waals surface area contributed by atoms with Crippen LogP contribution in [0.3, 0.4) is 0 Å². The standard InChI is InChI=1S/C13H12F4N4O2/c14-9-3-1-8(2-4-9)11(22)7-21-6-10(19-20-21)5-18-12(23)13(15,16)17/h1-4,6,11,22H,5,7H2,(H,18,23)/t11-/m0/s1. The van der Waals surface area contributed by atoms with E-state index in [4.69, 9.17) is 0 Å². The van der Waals surface area contributed by atoms with E-state index in [1.54, 1.807) is 5.32 Å². The molecule has 1 aromatic carbocycles. The van der Waals surface area contributed by atoms with Crippen LogP contribution in [0.5, 0.6) is 0 Å². The SMILES string of the molecule is O=C(NCc1cn(C[C@H](O)c2ccc(F)cc2)nn1)C(F)(F)F. The van der Waals surface area contributed by atoms with Gasteiger partial charge in [-0.2, -0.15) is 13.2 Å². The summed E-state index contributed by atoms with van der Waals surface area (Å²) in [6.07, 6.45) is -4.66. The number of halogens is 4. The van der Waals surface area contributed by atoms with Crippen molar-refractivity contribution in [3.8, 4) is 0 Å². The maximum atomic E-state index is 12.8. The lowest BCUT2D eigenvalue weighted by atomic mass is 10.1. The first-order valence-electron chi connectivity index (χ1n) is 6.43. The zero-order chi connectivity index (χ0) is 17.0. The highest BCUT2D eigenvalue weighted by atomic mass is 19.4. The molecule has 23 heavy (non-hydrogen) atoms. The van der Waals surface area contributed by atoms with E-state index in [0.29, 0.717) is 5.56 Å². The number of nitrogens with zero attached hydrogens (tertiary/aromatic N) is 3. The van der Waals surface area contributed by atoms with E-state index >= 15 is 0 Å². The first kappa shape index (κ1) is 16.9. The number of aromatic nitrogens is 3. The van der Waals surface area contributed by atoms with Gasteiger partial charge < -0.3 is 10.4 Å². The number of aliphatic hydroxyl groups excluding tert-OH is 1. The number of hydrogen-bond donors (Lipinski definition) is 2. The fraction of sp³-hybridized carbons (Fsp3) is 0.308. The molecule has 1 heterocycles. The Hall–Kier alpha value is -2.49. The van der Waals surface area contributed by atoms with Crippen molar-refractivity contribution >= 4 is 5.91 Å². The van der Waals surface area contributed by atoms with Crippen molar-refractivity contribution in [2.75, 3.05) is 0 Å². The topological polar surface area (TPSA) is 80.0 Å². The predicted octanol–water partition coefficient (Wildman–Crippen LogP) is 1.33. The smallest absolute Gasteiger partial charge is 0.386 e. The number of aliphatic hydroxyl groups is 1. The molecule has 0 unspecified atom stereocenters. The summed E-state index contributed by atoms with van der Waals surface area (Å²) in [4.78, 5) is 10.7. The van der Waals surface area contributed by atoms with Gasteiger partial charge in [0.05, 0.1) is 25.4 Å². The molecule has 0 fully saturated rings. The van der Waals surface area contributed by atoms with E-state index in [1.165, 1.54) is 35.1 Å². The molecule has 2 N–H and O–H groups in total. The molecular formula is C13H12F4N4O2. The normalized spacial score (nSPS) is 12.9. The summed E-state index contributed by atoms with van der Waals surface area (Å²) in [6, 6.07) is 5.19. The molecule has 0 radical (unpaired) electrons. The molecule has 0 saturated heterocycles. The lowest BCUT2D eigenvalue weighted by Crippen LogP contribution is -2.36. The minimum absolute atomic E-state index is 0.0220. The van der Waals surface area contributed by atoms with Crippen LogP contribution in [0.25, 0.3) is 0 Å². The third-order valence-electron chi connectivity index (χ3n) is 2.89. The zero-order valence-corrected chi connectivity index (χ0v) is 11.6. The minimum Gasteiger partial charge on any atom is -0.386 e. The van der Waals surface area contributed by atoms with Gasteiger partial charge in [0, 0.05) is 0 Å². The van der Waals surface area contributed by atoms with Gasteiger partial charge in [0.15, 0.2) is 0 Å². The second-order valence-corrected chi connectivity index (χ2v) is 4.68. The molecule has 6 nitrogen and oxygen atoms in total. The van der Waals surface area contributed by atoms with E-state index in [2.05, 4.69) is 10.3 Å². The Morgan fingerprint density at radius 3 is 2.57 bits per heavy atom. The minimum atomic E-state index is -4.96. The van der Waals surface area contributed by atoms with Gasteiger partial charge in [0.1, 0.15) is 11.5 Å². The second-order valence-electron chi connectivity index (χ2n) is 4.68. The van der Waals surface area contributed by atoms with Crippen LogP contribution in [0, 0.1) is 5.82 Å². The van der Waals surface area contributed by atoms with Crippen LogP contribution in [0.1, 0.15) is 17.4 Å². The molecule has 1 amide bonds. The quantitative estimate of drug-likeness (QED) is 0.810. The molecule has 1 atom stereocenters. The van der Waals surface area contributed by atoms with Crippen LogP contribution in [0.15, 0.2) is 30.5 Å². The molecule has 0 aliphatic carbocycles. The summed E-state index contributed by atoms with van der Waals surface area (Å²) in [6.45, 7) is -0.461. The average Bonchev–Trinajstić information content (AvgIpc) is 2.91. The molecule has 1 aromatic heterocycles. The van der Waals surface area contributed by atoms with Gasteiger partial charge in [-0.25, -0.2) is 9.07 Å². The summed E-state index contributed by atoms with van der Waals surface area (Å²) in [7, 11) is 0. The first-order chi connectivity index (χ1) is 10.8. The monoisotopic (exact) mass is 332 g/mol. The lowest BCUT2D eigenvalue weighted by molar-refractivity contribution is -0.173. The van der Waals surface area contributed by atoms with E-state index in [1.807, 2.05) is 0 Å². The molecule has 0 bridgehead atoms. The number of rotatable bonds is 5. The molecule has 0 aliphatic rings. The van der Waals surface area contributed by atoms with Crippen molar-refractivity contribution in [3.63, 3.8) is 0 Å². The fourth-order valence-electron chi connectivity index (χ4n) is 1.75. The third kappa shape index (κ3) is 4.74. The van der Waals surface area contributed by atoms with Crippen LogP contribution in [-0.2, 0) is 17.9 Å². The van der Waals surface area contributed by atoms with Gasteiger partial charge >= 0.3 is 12.1 Å². The molecule has 0 aliphatic heterocycles. The van der Waals surface area contributed by atoms with Crippen LogP contribution in [0.2, 0.25) is 0 Å². The largest absolute Gasteiger partial charge is 0.471 e. The van der Waals surface area contributed by atoms with Gasteiger partial charge in [-0.1, -0.05) is 17.3 Å². The highest BCUT2D eigenvalue weighted by Crippen LogP contribution is 2.16. The van der Waals surface area contributed by atoms with Crippen molar-refractivity contribution in [1.82, 2.24) is 20.3 Å². The van der Waals surface area contributed by atoms with E-state index in [9.17, 15) is 27.5 Å². The van der Waals surface area contributed by atoms with Crippen molar-refractivity contribution < 1.29 is 27.5 Å². The maximum absolute atomic E-state index is 12.8. The van der Waals surface area contributed by atoms with Crippen molar-refractivity contribution in [2.24, 2.45) is 0 Å². The Kier molecular flexibility index (Phi) is 4.94. The van der Waals surface area contributed by atoms with Crippen molar-refractivity contribution in [2.45, 2.75) is 25.4 Å². The number of carbonyl (C=O) groups excluding carboxylic acids is 1. The van der Waals surface area contributed by atoms with Crippen LogP contribution < -0.4 is 5.32 Å². The molecule has 0 saturated carbocycles.